The summed E-state index contributed by atoms with van der Waals surface area (Å²) < 4.78 is 20.6. The van der Waals surface area contributed by atoms with Crippen molar-refractivity contribution in [2.24, 2.45) is 0 Å². The monoisotopic (exact) mass is 391 g/mol. The van der Waals surface area contributed by atoms with Gasteiger partial charge in [-0.1, -0.05) is 23.3 Å². The number of nitrogens with zero attached hydrogens (tertiary/aromatic N) is 5. The maximum atomic E-state index is 13.5. The van der Waals surface area contributed by atoms with Gasteiger partial charge in [-0.2, -0.15) is 9.78 Å². The molecular weight excluding hydrogens is 377 g/mol. The van der Waals surface area contributed by atoms with Crippen LogP contribution in [0.3, 0.4) is 0 Å². The van der Waals surface area contributed by atoms with E-state index in [1.165, 1.54) is 12.1 Å². The van der Waals surface area contributed by atoms with Gasteiger partial charge in [0.15, 0.2) is 0 Å². The molecule has 2 aromatic carbocycles. The molecule has 1 aliphatic heterocycles. The number of methoxy groups -OCH3 is 1. The average Bonchev–Trinajstić information content (AvgIpc) is 3.22. The molecule has 3 heterocycles. The van der Waals surface area contributed by atoms with Crippen LogP contribution in [0.25, 0.3) is 11.3 Å². The molecule has 2 N–H and O–H groups in total. The maximum absolute atomic E-state index is 13.5. The molecule has 0 radical (unpaired) electrons. The lowest BCUT2D eigenvalue weighted by Gasteiger charge is -2.28. The van der Waals surface area contributed by atoms with E-state index in [9.17, 15) is 9.18 Å². The van der Waals surface area contributed by atoms with Gasteiger partial charge < -0.3 is 10.1 Å². The SMILES string of the molecule is COc1ccccc1[C@H]1c2c(-c3ccc(F)cc3)n[nH]c(=O)c2Nc2nnnn21. The number of hydrogen-bond acceptors (Lipinski definition) is 7. The molecule has 0 spiro atoms. The number of aromatic nitrogens is 6. The minimum Gasteiger partial charge on any atom is -0.496 e. The number of fused-ring (bicyclic) bond motifs is 2. The van der Waals surface area contributed by atoms with Crippen LogP contribution >= 0.6 is 0 Å². The van der Waals surface area contributed by atoms with Gasteiger partial charge >= 0.3 is 0 Å². The highest BCUT2D eigenvalue weighted by atomic mass is 19.1. The van der Waals surface area contributed by atoms with Crippen molar-refractivity contribution in [2.45, 2.75) is 6.04 Å². The zero-order valence-corrected chi connectivity index (χ0v) is 15.1. The first-order chi connectivity index (χ1) is 14.2. The van der Waals surface area contributed by atoms with Crippen LogP contribution in [0.15, 0.2) is 53.3 Å². The largest absolute Gasteiger partial charge is 0.496 e. The van der Waals surface area contributed by atoms with Crippen LogP contribution < -0.4 is 15.6 Å². The van der Waals surface area contributed by atoms with Gasteiger partial charge in [-0.15, -0.1) is 0 Å². The van der Waals surface area contributed by atoms with E-state index in [0.717, 1.165) is 5.56 Å². The highest BCUT2D eigenvalue weighted by Gasteiger charge is 2.35. The number of nitrogens with one attached hydrogen (secondary N) is 2. The lowest BCUT2D eigenvalue weighted by molar-refractivity contribution is 0.402. The van der Waals surface area contributed by atoms with E-state index in [-0.39, 0.29) is 11.5 Å². The number of ether oxygens (including phenoxy) is 1. The Morgan fingerprint density at radius 3 is 2.72 bits per heavy atom. The summed E-state index contributed by atoms with van der Waals surface area (Å²) in [5.41, 5.74) is 2.28. The van der Waals surface area contributed by atoms with Gasteiger partial charge in [-0.25, -0.2) is 9.49 Å². The minimum absolute atomic E-state index is 0.275. The number of rotatable bonds is 3. The summed E-state index contributed by atoms with van der Waals surface area (Å²) in [5, 5.41) is 21.5. The molecule has 0 amide bonds. The van der Waals surface area contributed by atoms with Gasteiger partial charge in [-0.3, -0.25) is 4.79 Å². The number of para-hydroxylation sites is 1. The van der Waals surface area contributed by atoms with Gasteiger partial charge in [0, 0.05) is 16.7 Å². The topological polar surface area (TPSA) is 111 Å². The first kappa shape index (κ1) is 17.0. The van der Waals surface area contributed by atoms with Gasteiger partial charge in [0.1, 0.15) is 23.3 Å². The normalized spacial score (nSPS) is 14.6. The third-order valence-corrected chi connectivity index (χ3v) is 4.82. The molecule has 1 atom stereocenters. The lowest BCUT2D eigenvalue weighted by atomic mass is 9.92. The molecule has 1 aliphatic rings. The van der Waals surface area contributed by atoms with Crippen molar-refractivity contribution in [1.29, 1.82) is 0 Å². The van der Waals surface area contributed by atoms with Crippen molar-refractivity contribution in [3.05, 3.63) is 75.8 Å². The Labute approximate surface area is 163 Å². The van der Waals surface area contributed by atoms with Gasteiger partial charge in [0.05, 0.1) is 12.8 Å². The number of anilines is 2. The number of aromatic amines is 1. The fourth-order valence-corrected chi connectivity index (χ4v) is 3.55. The molecule has 10 heteroatoms. The standard InChI is InChI=1S/C19H14FN7O2/c1-29-13-5-3-2-4-12(13)17-14-15(10-6-8-11(20)9-7-10)22-23-18(28)16(14)21-19-24-25-26-27(17)19/h2-9,17H,1H3,(H,23,28)(H,21,24,26)/t17-/m0/s1. The number of tetrazole rings is 1. The summed E-state index contributed by atoms with van der Waals surface area (Å²) >= 11 is 0. The Balaban J connectivity index is 1.84. The summed E-state index contributed by atoms with van der Waals surface area (Å²) in [5.74, 6) is 0.557. The Kier molecular flexibility index (Phi) is 3.83. The molecule has 0 aliphatic carbocycles. The van der Waals surface area contributed by atoms with E-state index in [1.807, 2.05) is 24.3 Å². The maximum Gasteiger partial charge on any atom is 0.288 e. The van der Waals surface area contributed by atoms with E-state index >= 15 is 0 Å². The minimum atomic E-state index is -0.581. The van der Waals surface area contributed by atoms with Crippen LogP contribution in [0, 0.1) is 5.82 Å². The van der Waals surface area contributed by atoms with Crippen LogP contribution in [0.4, 0.5) is 16.0 Å². The predicted octanol–water partition coefficient (Wildman–Crippen LogP) is 2.27. The molecule has 0 saturated heterocycles. The lowest BCUT2D eigenvalue weighted by Crippen LogP contribution is -2.29. The summed E-state index contributed by atoms with van der Waals surface area (Å²) in [6, 6.07) is 12.7. The molecular formula is C19H14FN7O2. The molecule has 4 aromatic rings. The second kappa shape index (κ2) is 6.51. The third kappa shape index (κ3) is 2.64. The second-order valence-electron chi connectivity index (χ2n) is 6.41. The van der Waals surface area contributed by atoms with Crippen LogP contribution in [0.2, 0.25) is 0 Å². The van der Waals surface area contributed by atoms with Crippen LogP contribution in [0.5, 0.6) is 5.75 Å². The van der Waals surface area contributed by atoms with E-state index < -0.39 is 11.6 Å². The Morgan fingerprint density at radius 1 is 1.14 bits per heavy atom. The van der Waals surface area contributed by atoms with Crippen molar-refractivity contribution in [3.63, 3.8) is 0 Å². The highest BCUT2D eigenvalue weighted by Crippen LogP contribution is 2.43. The molecule has 0 bridgehead atoms. The zero-order valence-electron chi connectivity index (χ0n) is 15.1. The van der Waals surface area contributed by atoms with E-state index in [4.69, 9.17) is 4.74 Å². The first-order valence-corrected chi connectivity index (χ1v) is 8.73. The second-order valence-corrected chi connectivity index (χ2v) is 6.41. The van der Waals surface area contributed by atoms with Crippen molar-refractivity contribution in [3.8, 4) is 17.0 Å². The average molecular weight is 391 g/mol. The molecule has 0 saturated carbocycles. The number of benzene rings is 2. The summed E-state index contributed by atoms with van der Waals surface area (Å²) in [6.45, 7) is 0. The Hall–Kier alpha value is -4.08. The van der Waals surface area contributed by atoms with Crippen LogP contribution in [-0.4, -0.2) is 37.5 Å². The smallest absolute Gasteiger partial charge is 0.288 e. The quantitative estimate of drug-likeness (QED) is 0.485. The number of halogens is 1. The molecule has 9 nitrogen and oxygen atoms in total. The molecule has 0 unspecified atom stereocenters. The molecule has 144 valence electrons. The van der Waals surface area contributed by atoms with Gasteiger partial charge in [-0.05, 0) is 40.8 Å². The number of H-pyrrole nitrogens is 1. The predicted molar refractivity (Wildman–Crippen MR) is 102 cm³/mol. The van der Waals surface area contributed by atoms with Crippen molar-refractivity contribution in [1.82, 2.24) is 30.4 Å². The highest BCUT2D eigenvalue weighted by molar-refractivity contribution is 5.75. The number of hydrogen-bond donors (Lipinski definition) is 2. The Morgan fingerprint density at radius 2 is 1.93 bits per heavy atom. The van der Waals surface area contributed by atoms with Gasteiger partial charge in [0.2, 0.25) is 5.95 Å². The molecule has 29 heavy (non-hydrogen) atoms. The summed E-state index contributed by atoms with van der Waals surface area (Å²) in [4.78, 5) is 12.6. The zero-order chi connectivity index (χ0) is 20.0. The summed E-state index contributed by atoms with van der Waals surface area (Å²) in [6.07, 6.45) is 0. The van der Waals surface area contributed by atoms with Crippen molar-refractivity contribution in [2.75, 3.05) is 12.4 Å². The Bertz CT molecular complexity index is 1270. The van der Waals surface area contributed by atoms with E-state index in [0.29, 0.717) is 28.5 Å². The molecule has 2 aromatic heterocycles. The first-order valence-electron chi connectivity index (χ1n) is 8.73. The van der Waals surface area contributed by atoms with Crippen LogP contribution in [0.1, 0.15) is 17.2 Å². The van der Waals surface area contributed by atoms with Gasteiger partial charge in [0.25, 0.3) is 5.56 Å². The third-order valence-electron chi connectivity index (χ3n) is 4.82. The summed E-state index contributed by atoms with van der Waals surface area (Å²) in [7, 11) is 1.57. The van der Waals surface area contributed by atoms with E-state index in [1.54, 1.807) is 23.9 Å². The van der Waals surface area contributed by atoms with Crippen LogP contribution in [-0.2, 0) is 0 Å². The van der Waals surface area contributed by atoms with E-state index in [2.05, 4.69) is 31.0 Å². The van der Waals surface area contributed by atoms with Crippen molar-refractivity contribution >= 4 is 11.6 Å². The molecule has 5 rings (SSSR count). The molecule has 0 fully saturated rings. The fourth-order valence-electron chi connectivity index (χ4n) is 3.55. The fraction of sp³-hybridized carbons (Fsp3) is 0.105. The van der Waals surface area contributed by atoms with Crippen molar-refractivity contribution < 1.29 is 9.13 Å².